The Morgan fingerprint density at radius 1 is 1.42 bits per heavy atom. The van der Waals surface area contributed by atoms with Crippen LogP contribution in [-0.4, -0.2) is 41.5 Å². The first kappa shape index (κ1) is 16.9. The third-order valence-corrected chi connectivity index (χ3v) is 5.37. The van der Waals surface area contributed by atoms with Gasteiger partial charge in [-0.25, -0.2) is 4.98 Å². The topological polar surface area (TPSA) is 57.3 Å². The minimum absolute atomic E-state index is 0.0789. The smallest absolute Gasteiger partial charge is 0.237 e. The molecule has 0 saturated carbocycles. The molecule has 1 fully saturated rings. The first-order chi connectivity index (χ1) is 11.7. The van der Waals surface area contributed by atoms with Crippen LogP contribution in [0.15, 0.2) is 41.9 Å². The molecule has 0 unspecified atom stereocenters. The molecule has 24 heavy (non-hydrogen) atoms. The summed E-state index contributed by atoms with van der Waals surface area (Å²) in [4.78, 5) is 20.1. The van der Waals surface area contributed by atoms with E-state index in [0.29, 0.717) is 12.5 Å². The Kier molecular flexibility index (Phi) is 5.82. The lowest BCUT2D eigenvalue weighted by Gasteiger charge is -2.23. The zero-order chi connectivity index (χ0) is 16.8. The molecule has 0 spiro atoms. The van der Waals surface area contributed by atoms with E-state index in [9.17, 15) is 4.79 Å². The molecule has 3 rings (SSSR count). The van der Waals surface area contributed by atoms with E-state index < -0.39 is 0 Å². The number of aromatic nitrogens is 1. The molecule has 0 bridgehead atoms. The Morgan fingerprint density at radius 2 is 2.33 bits per heavy atom. The second-order valence-electron chi connectivity index (χ2n) is 6.22. The maximum absolute atomic E-state index is 12.3. The summed E-state index contributed by atoms with van der Waals surface area (Å²) >= 11 is 1.67. The first-order valence-electron chi connectivity index (χ1n) is 8.41. The molecule has 1 amide bonds. The lowest BCUT2D eigenvalue weighted by molar-refractivity contribution is -0.125. The molecule has 1 saturated heterocycles. The van der Waals surface area contributed by atoms with Gasteiger partial charge in [0, 0.05) is 24.2 Å². The zero-order valence-corrected chi connectivity index (χ0v) is 14.8. The van der Waals surface area contributed by atoms with Crippen molar-refractivity contribution in [2.45, 2.75) is 25.9 Å². The summed E-state index contributed by atoms with van der Waals surface area (Å²) < 4.78 is 0. The Morgan fingerprint density at radius 3 is 3.08 bits per heavy atom. The molecule has 0 aromatic carbocycles. The minimum Gasteiger partial charge on any atom is -0.370 e. The number of carbonyl (C=O) groups is 1. The molecule has 2 N–H and O–H groups in total. The number of thiophene rings is 1. The van der Waals surface area contributed by atoms with Crippen LogP contribution in [0.1, 0.15) is 18.2 Å². The van der Waals surface area contributed by atoms with Crippen LogP contribution in [0, 0.1) is 5.92 Å². The lowest BCUT2D eigenvalue weighted by Crippen LogP contribution is -2.44. The molecule has 1 aliphatic rings. The molecule has 0 radical (unpaired) electrons. The fourth-order valence-corrected chi connectivity index (χ4v) is 3.64. The summed E-state index contributed by atoms with van der Waals surface area (Å²) in [5.74, 6) is 1.58. The maximum atomic E-state index is 12.3. The van der Waals surface area contributed by atoms with Crippen LogP contribution in [0.25, 0.3) is 0 Å². The molecule has 2 aromatic heterocycles. The van der Waals surface area contributed by atoms with Crippen molar-refractivity contribution in [3.05, 3.63) is 46.8 Å². The van der Waals surface area contributed by atoms with E-state index in [-0.39, 0.29) is 11.9 Å². The van der Waals surface area contributed by atoms with Crippen molar-refractivity contribution in [1.29, 1.82) is 0 Å². The van der Waals surface area contributed by atoms with Crippen molar-refractivity contribution in [2.24, 2.45) is 5.92 Å². The molecule has 0 aliphatic carbocycles. The molecular formula is C18H24N4OS. The SMILES string of the molecule is C[C@@H](C(=O)NCc1cccs1)N1CC[C@@H](CNc2ccccn2)C1. The standard InChI is InChI=1S/C18H24N4OS/c1-14(18(23)21-12-16-5-4-10-24-16)22-9-7-15(13-22)11-20-17-6-2-3-8-19-17/h2-6,8,10,14-15H,7,9,11-13H2,1H3,(H,19,20)(H,21,23)/t14-,15-/m0/s1. The van der Waals surface area contributed by atoms with Gasteiger partial charge < -0.3 is 10.6 Å². The highest BCUT2D eigenvalue weighted by Crippen LogP contribution is 2.19. The van der Waals surface area contributed by atoms with E-state index in [1.807, 2.05) is 42.6 Å². The summed E-state index contributed by atoms with van der Waals surface area (Å²) in [5, 5.41) is 8.45. The van der Waals surface area contributed by atoms with Crippen LogP contribution in [0.5, 0.6) is 0 Å². The van der Waals surface area contributed by atoms with Gasteiger partial charge in [0.2, 0.25) is 5.91 Å². The summed E-state index contributed by atoms with van der Waals surface area (Å²) in [6, 6.07) is 9.85. The van der Waals surface area contributed by atoms with E-state index >= 15 is 0 Å². The average molecular weight is 344 g/mol. The normalized spacial score (nSPS) is 19.1. The predicted octanol–water partition coefficient (Wildman–Crippen LogP) is 2.58. The van der Waals surface area contributed by atoms with E-state index in [4.69, 9.17) is 0 Å². The summed E-state index contributed by atoms with van der Waals surface area (Å²) in [7, 11) is 0. The molecule has 2 aromatic rings. The minimum atomic E-state index is -0.0789. The molecule has 1 aliphatic heterocycles. The van der Waals surface area contributed by atoms with Crippen LogP contribution in [0.2, 0.25) is 0 Å². The second kappa shape index (κ2) is 8.26. The van der Waals surface area contributed by atoms with Crippen molar-refractivity contribution in [3.63, 3.8) is 0 Å². The number of amides is 1. The van der Waals surface area contributed by atoms with Gasteiger partial charge in [0.1, 0.15) is 5.82 Å². The van der Waals surface area contributed by atoms with Crippen molar-refractivity contribution >= 4 is 23.1 Å². The fraction of sp³-hybridized carbons (Fsp3) is 0.444. The van der Waals surface area contributed by atoms with Crippen molar-refractivity contribution in [3.8, 4) is 0 Å². The third-order valence-electron chi connectivity index (χ3n) is 4.50. The molecule has 128 valence electrons. The van der Waals surface area contributed by atoms with E-state index in [0.717, 1.165) is 31.9 Å². The fourth-order valence-electron chi connectivity index (χ4n) is 3.00. The number of likely N-dealkylation sites (tertiary alicyclic amines) is 1. The molecule has 2 atom stereocenters. The van der Waals surface area contributed by atoms with Crippen LogP contribution in [0.3, 0.4) is 0 Å². The van der Waals surface area contributed by atoms with E-state index in [1.54, 1.807) is 17.5 Å². The van der Waals surface area contributed by atoms with Gasteiger partial charge in [-0.05, 0) is 49.4 Å². The first-order valence-corrected chi connectivity index (χ1v) is 9.29. The van der Waals surface area contributed by atoms with Gasteiger partial charge in [0.25, 0.3) is 0 Å². The molecular weight excluding hydrogens is 320 g/mol. The number of hydrogen-bond donors (Lipinski definition) is 2. The monoisotopic (exact) mass is 344 g/mol. The maximum Gasteiger partial charge on any atom is 0.237 e. The zero-order valence-electron chi connectivity index (χ0n) is 13.9. The highest BCUT2D eigenvalue weighted by molar-refractivity contribution is 7.09. The van der Waals surface area contributed by atoms with Crippen LogP contribution in [-0.2, 0) is 11.3 Å². The Balaban J connectivity index is 1.41. The van der Waals surface area contributed by atoms with Gasteiger partial charge >= 0.3 is 0 Å². The van der Waals surface area contributed by atoms with Crippen LogP contribution in [0.4, 0.5) is 5.82 Å². The number of carbonyl (C=O) groups excluding carboxylic acids is 1. The number of nitrogens with one attached hydrogen (secondary N) is 2. The number of nitrogens with zero attached hydrogens (tertiary/aromatic N) is 2. The summed E-state index contributed by atoms with van der Waals surface area (Å²) in [5.41, 5.74) is 0. The summed E-state index contributed by atoms with van der Waals surface area (Å²) in [6.45, 7) is 5.45. The van der Waals surface area contributed by atoms with Crippen molar-refractivity contribution in [1.82, 2.24) is 15.2 Å². The highest BCUT2D eigenvalue weighted by Gasteiger charge is 2.29. The molecule has 6 heteroatoms. The van der Waals surface area contributed by atoms with Gasteiger partial charge in [-0.1, -0.05) is 12.1 Å². The number of hydrogen-bond acceptors (Lipinski definition) is 5. The Bertz CT molecular complexity index is 632. The Hall–Kier alpha value is -1.92. The van der Waals surface area contributed by atoms with Crippen molar-refractivity contribution < 1.29 is 4.79 Å². The average Bonchev–Trinajstić information content (AvgIpc) is 3.30. The van der Waals surface area contributed by atoms with E-state index in [1.165, 1.54) is 4.88 Å². The molecule has 5 nitrogen and oxygen atoms in total. The third kappa shape index (κ3) is 4.55. The van der Waals surface area contributed by atoms with Gasteiger partial charge in [0.15, 0.2) is 0 Å². The number of pyridine rings is 1. The van der Waals surface area contributed by atoms with Crippen LogP contribution < -0.4 is 10.6 Å². The van der Waals surface area contributed by atoms with Gasteiger partial charge in [-0.2, -0.15) is 0 Å². The number of anilines is 1. The van der Waals surface area contributed by atoms with Gasteiger partial charge in [-0.15, -0.1) is 11.3 Å². The van der Waals surface area contributed by atoms with Crippen molar-refractivity contribution in [2.75, 3.05) is 25.0 Å². The largest absolute Gasteiger partial charge is 0.370 e. The lowest BCUT2D eigenvalue weighted by atomic mass is 10.1. The van der Waals surface area contributed by atoms with E-state index in [2.05, 4.69) is 20.5 Å². The molecule has 3 heterocycles. The quantitative estimate of drug-likeness (QED) is 0.811. The Labute approximate surface area is 147 Å². The predicted molar refractivity (Wildman–Crippen MR) is 98.0 cm³/mol. The number of rotatable bonds is 7. The highest BCUT2D eigenvalue weighted by atomic mass is 32.1. The second-order valence-corrected chi connectivity index (χ2v) is 7.25. The van der Waals surface area contributed by atoms with Gasteiger partial charge in [-0.3, -0.25) is 9.69 Å². The summed E-state index contributed by atoms with van der Waals surface area (Å²) in [6.07, 6.45) is 2.91. The van der Waals surface area contributed by atoms with Crippen LogP contribution >= 0.6 is 11.3 Å². The van der Waals surface area contributed by atoms with Gasteiger partial charge in [0.05, 0.1) is 12.6 Å².